The van der Waals surface area contributed by atoms with Crippen molar-refractivity contribution >= 4 is 28.5 Å². The molecule has 0 unspecified atom stereocenters. The Morgan fingerprint density at radius 3 is 2.72 bits per heavy atom. The summed E-state index contributed by atoms with van der Waals surface area (Å²) in [5.41, 5.74) is 1.11. The fourth-order valence-corrected chi connectivity index (χ4v) is 4.57. The van der Waals surface area contributed by atoms with Crippen molar-refractivity contribution in [3.05, 3.63) is 42.1 Å². The average molecular weight is 443 g/mol. The van der Waals surface area contributed by atoms with E-state index in [0.717, 1.165) is 49.5 Å². The number of benzene rings is 1. The molecule has 1 saturated heterocycles. The molecule has 1 aliphatic heterocycles. The van der Waals surface area contributed by atoms with E-state index in [0.29, 0.717) is 24.7 Å². The van der Waals surface area contributed by atoms with Gasteiger partial charge in [0.15, 0.2) is 0 Å². The maximum absolute atomic E-state index is 14.3. The van der Waals surface area contributed by atoms with Crippen LogP contribution in [-0.4, -0.2) is 44.5 Å². The van der Waals surface area contributed by atoms with Crippen LogP contribution in [-0.2, 0) is 4.74 Å². The van der Waals surface area contributed by atoms with Gasteiger partial charge in [-0.05, 0) is 51.2 Å². The number of aliphatic hydroxyl groups is 1. The Labute approximate surface area is 184 Å². The topological polar surface area (TPSA) is 84.2 Å². The number of halogens is 2. The van der Waals surface area contributed by atoms with Crippen LogP contribution >= 0.6 is 0 Å². The van der Waals surface area contributed by atoms with Gasteiger partial charge in [-0.2, -0.15) is 0 Å². The summed E-state index contributed by atoms with van der Waals surface area (Å²) in [6, 6.07) is 5.67. The first-order valence-corrected chi connectivity index (χ1v) is 11.0. The molecule has 9 heteroatoms. The lowest BCUT2D eigenvalue weighted by molar-refractivity contribution is 0.0196. The van der Waals surface area contributed by atoms with Gasteiger partial charge >= 0.3 is 0 Å². The molecule has 2 aromatic heterocycles. The molecule has 0 bridgehead atoms. The number of pyridine rings is 1. The molecule has 3 aromatic rings. The second-order valence-corrected chi connectivity index (χ2v) is 9.05. The second kappa shape index (κ2) is 8.29. The zero-order valence-electron chi connectivity index (χ0n) is 17.9. The first kappa shape index (κ1) is 21.1. The molecule has 32 heavy (non-hydrogen) atoms. The van der Waals surface area contributed by atoms with E-state index in [1.54, 1.807) is 6.20 Å². The number of hydrogen-bond acceptors (Lipinski definition) is 6. The van der Waals surface area contributed by atoms with Crippen molar-refractivity contribution in [3.8, 4) is 0 Å². The molecule has 5 rings (SSSR count). The SMILES string of the molecule is CC1(O)CCC(Nc2cc3c(cn2)nc(Nc2ccc(F)cc2F)n3[C@H]2CCOC2)CC1. The van der Waals surface area contributed by atoms with Gasteiger partial charge in [0.1, 0.15) is 23.0 Å². The number of hydrogen-bond donors (Lipinski definition) is 3. The van der Waals surface area contributed by atoms with E-state index in [2.05, 4.69) is 20.6 Å². The highest BCUT2D eigenvalue weighted by Crippen LogP contribution is 2.33. The van der Waals surface area contributed by atoms with Gasteiger partial charge in [0.25, 0.3) is 0 Å². The number of rotatable bonds is 5. The summed E-state index contributed by atoms with van der Waals surface area (Å²) in [5, 5.41) is 16.7. The molecule has 1 aromatic carbocycles. The molecule has 0 spiro atoms. The third-order valence-electron chi connectivity index (χ3n) is 6.44. The average Bonchev–Trinajstić information content (AvgIpc) is 3.39. The van der Waals surface area contributed by atoms with Crippen LogP contribution in [0.2, 0.25) is 0 Å². The zero-order chi connectivity index (χ0) is 22.3. The Kier molecular flexibility index (Phi) is 5.46. The molecule has 3 heterocycles. The van der Waals surface area contributed by atoms with Crippen molar-refractivity contribution in [2.24, 2.45) is 0 Å². The summed E-state index contributed by atoms with van der Waals surface area (Å²) in [4.78, 5) is 9.16. The number of nitrogens with zero attached hydrogens (tertiary/aromatic N) is 3. The minimum absolute atomic E-state index is 0.0473. The lowest BCUT2D eigenvalue weighted by atomic mass is 9.84. The van der Waals surface area contributed by atoms with E-state index in [1.807, 2.05) is 17.6 Å². The molecule has 3 N–H and O–H groups in total. The van der Waals surface area contributed by atoms with Gasteiger partial charge in [0.05, 0.1) is 35.7 Å². The molecule has 0 amide bonds. The van der Waals surface area contributed by atoms with Crippen molar-refractivity contribution in [2.45, 2.75) is 56.7 Å². The van der Waals surface area contributed by atoms with Gasteiger partial charge in [0.2, 0.25) is 5.95 Å². The maximum Gasteiger partial charge on any atom is 0.208 e. The maximum atomic E-state index is 14.3. The number of aromatic nitrogens is 3. The fourth-order valence-electron chi connectivity index (χ4n) is 4.57. The summed E-state index contributed by atoms with van der Waals surface area (Å²) in [5.74, 6) is -0.105. The zero-order valence-corrected chi connectivity index (χ0v) is 17.9. The van der Waals surface area contributed by atoms with Gasteiger partial charge in [-0.25, -0.2) is 18.7 Å². The molecule has 1 aliphatic carbocycles. The van der Waals surface area contributed by atoms with Crippen LogP contribution in [0.25, 0.3) is 11.0 Å². The van der Waals surface area contributed by atoms with Gasteiger partial charge in [0, 0.05) is 24.8 Å². The lowest BCUT2D eigenvalue weighted by Crippen LogP contribution is -2.35. The van der Waals surface area contributed by atoms with Crippen LogP contribution < -0.4 is 10.6 Å². The van der Waals surface area contributed by atoms with Gasteiger partial charge < -0.3 is 25.0 Å². The first-order chi connectivity index (χ1) is 15.4. The molecular formula is C23H27F2N5O2. The van der Waals surface area contributed by atoms with Crippen LogP contribution in [0.4, 0.5) is 26.2 Å². The van der Waals surface area contributed by atoms with Crippen LogP contribution in [0.3, 0.4) is 0 Å². The Morgan fingerprint density at radius 2 is 2.00 bits per heavy atom. The Hall–Kier alpha value is -2.78. The third kappa shape index (κ3) is 4.27. The van der Waals surface area contributed by atoms with Crippen LogP contribution in [0.5, 0.6) is 0 Å². The van der Waals surface area contributed by atoms with Gasteiger partial charge in [-0.15, -0.1) is 0 Å². The fraction of sp³-hybridized carbons (Fsp3) is 0.478. The van der Waals surface area contributed by atoms with Crippen molar-refractivity contribution in [3.63, 3.8) is 0 Å². The van der Waals surface area contributed by atoms with Crippen LogP contribution in [0.15, 0.2) is 30.5 Å². The Balaban J connectivity index is 1.47. The van der Waals surface area contributed by atoms with E-state index >= 15 is 0 Å². The van der Waals surface area contributed by atoms with E-state index in [9.17, 15) is 13.9 Å². The molecular weight excluding hydrogens is 416 g/mol. The highest BCUT2D eigenvalue weighted by atomic mass is 19.1. The second-order valence-electron chi connectivity index (χ2n) is 9.05. The highest BCUT2D eigenvalue weighted by Gasteiger charge is 2.29. The largest absolute Gasteiger partial charge is 0.390 e. The van der Waals surface area contributed by atoms with Crippen LogP contribution in [0.1, 0.15) is 45.1 Å². The van der Waals surface area contributed by atoms with E-state index in [-0.39, 0.29) is 17.8 Å². The molecule has 170 valence electrons. The van der Waals surface area contributed by atoms with Gasteiger partial charge in [-0.1, -0.05) is 0 Å². The van der Waals surface area contributed by atoms with Crippen LogP contribution in [0, 0.1) is 11.6 Å². The highest BCUT2D eigenvalue weighted by molar-refractivity contribution is 5.81. The summed E-state index contributed by atoms with van der Waals surface area (Å²) in [6.45, 7) is 3.07. The number of nitrogens with one attached hydrogen (secondary N) is 2. The minimum Gasteiger partial charge on any atom is -0.390 e. The molecule has 2 fully saturated rings. The van der Waals surface area contributed by atoms with E-state index < -0.39 is 17.2 Å². The number of fused-ring (bicyclic) bond motifs is 1. The third-order valence-corrected chi connectivity index (χ3v) is 6.44. The Bertz CT molecular complexity index is 1120. The van der Waals surface area contributed by atoms with Gasteiger partial charge in [-0.3, -0.25) is 0 Å². The van der Waals surface area contributed by atoms with E-state index in [1.165, 1.54) is 12.1 Å². The smallest absolute Gasteiger partial charge is 0.208 e. The Morgan fingerprint density at radius 1 is 1.19 bits per heavy atom. The minimum atomic E-state index is -0.681. The summed E-state index contributed by atoms with van der Waals surface area (Å²) in [6.07, 6.45) is 5.77. The summed E-state index contributed by atoms with van der Waals surface area (Å²) < 4.78 is 35.2. The molecule has 0 radical (unpaired) electrons. The van der Waals surface area contributed by atoms with Crippen molar-refractivity contribution in [1.82, 2.24) is 14.5 Å². The first-order valence-electron chi connectivity index (χ1n) is 11.0. The number of ether oxygens (including phenoxy) is 1. The normalized spacial score (nSPS) is 25.9. The number of anilines is 3. The quantitative estimate of drug-likeness (QED) is 0.538. The van der Waals surface area contributed by atoms with Crippen molar-refractivity contribution in [2.75, 3.05) is 23.8 Å². The van der Waals surface area contributed by atoms with Crippen molar-refractivity contribution < 1.29 is 18.6 Å². The van der Waals surface area contributed by atoms with E-state index in [4.69, 9.17) is 4.74 Å². The molecule has 1 saturated carbocycles. The summed E-state index contributed by atoms with van der Waals surface area (Å²) in [7, 11) is 0. The molecule has 1 atom stereocenters. The molecule has 2 aliphatic rings. The predicted octanol–water partition coefficient (Wildman–Crippen LogP) is 4.52. The summed E-state index contributed by atoms with van der Waals surface area (Å²) >= 11 is 0. The standard InChI is InChI=1S/C23H27F2N5O2/c1-23(31)7-4-15(5-8-23)27-21-11-20-19(12-26-21)29-22(30(20)16-6-9-32-13-16)28-18-3-2-14(24)10-17(18)25/h2-3,10-12,15-16,31H,4-9,13H2,1H3,(H,26,27)(H,28,29)/t15?,16-,23?/m0/s1. The molecule has 7 nitrogen and oxygen atoms in total. The lowest BCUT2D eigenvalue weighted by Gasteiger charge is -2.33. The number of imidazole rings is 1. The monoisotopic (exact) mass is 443 g/mol. The predicted molar refractivity (Wildman–Crippen MR) is 118 cm³/mol. The van der Waals surface area contributed by atoms with Crippen molar-refractivity contribution in [1.29, 1.82) is 0 Å².